The van der Waals surface area contributed by atoms with Gasteiger partial charge in [-0.2, -0.15) is 0 Å². The second kappa shape index (κ2) is 4.74. The first-order valence-corrected chi connectivity index (χ1v) is 4.01. The molecule has 4 nitrogen and oxygen atoms in total. The van der Waals surface area contributed by atoms with Gasteiger partial charge in [0.2, 0.25) is 11.8 Å². The maximum Gasteiger partial charge on any atom is 0.220 e. The maximum atomic E-state index is 10.6. The van der Waals surface area contributed by atoms with Crippen LogP contribution in [0.5, 0.6) is 0 Å². The summed E-state index contributed by atoms with van der Waals surface area (Å²) < 4.78 is 0. The Morgan fingerprint density at radius 1 is 1.25 bits per heavy atom. The summed E-state index contributed by atoms with van der Waals surface area (Å²) in [5, 5.41) is 0. The normalized spacial score (nSPS) is 15.2. The Morgan fingerprint density at radius 3 is 2.08 bits per heavy atom. The van der Waals surface area contributed by atoms with E-state index in [2.05, 4.69) is 0 Å². The van der Waals surface area contributed by atoms with E-state index in [-0.39, 0.29) is 23.7 Å². The quantitative estimate of drug-likeness (QED) is 0.612. The van der Waals surface area contributed by atoms with Crippen molar-refractivity contribution in [1.82, 2.24) is 0 Å². The summed E-state index contributed by atoms with van der Waals surface area (Å²) in [6, 6.07) is 0. The average molecular weight is 172 g/mol. The van der Waals surface area contributed by atoms with Crippen molar-refractivity contribution < 1.29 is 9.59 Å². The molecule has 0 spiro atoms. The minimum absolute atomic E-state index is 0.130. The molecule has 0 aromatic heterocycles. The lowest BCUT2D eigenvalue weighted by Gasteiger charge is -2.12. The fourth-order valence-electron chi connectivity index (χ4n) is 1.15. The molecule has 0 aliphatic heterocycles. The first-order chi connectivity index (χ1) is 5.43. The fraction of sp³-hybridized carbons (Fsp3) is 0.750. The zero-order valence-corrected chi connectivity index (χ0v) is 7.54. The Morgan fingerprint density at radius 2 is 1.75 bits per heavy atom. The molecule has 2 unspecified atom stereocenters. The molecule has 0 rings (SSSR count). The van der Waals surface area contributed by atoms with Gasteiger partial charge in [0.15, 0.2) is 0 Å². The molecule has 70 valence electrons. The highest BCUT2D eigenvalue weighted by molar-refractivity contribution is 5.76. The maximum absolute atomic E-state index is 10.6. The van der Waals surface area contributed by atoms with Crippen molar-refractivity contribution in [3.63, 3.8) is 0 Å². The summed E-state index contributed by atoms with van der Waals surface area (Å²) in [4.78, 5) is 21.1. The van der Waals surface area contributed by atoms with E-state index in [9.17, 15) is 9.59 Å². The summed E-state index contributed by atoms with van der Waals surface area (Å²) in [6.07, 6.45) is 0.940. The van der Waals surface area contributed by atoms with Crippen molar-refractivity contribution in [2.75, 3.05) is 0 Å². The van der Waals surface area contributed by atoms with Crippen molar-refractivity contribution in [1.29, 1.82) is 0 Å². The van der Waals surface area contributed by atoms with E-state index < -0.39 is 0 Å². The molecule has 0 aromatic rings. The van der Waals surface area contributed by atoms with Crippen molar-refractivity contribution in [3.05, 3.63) is 0 Å². The van der Waals surface area contributed by atoms with Crippen molar-refractivity contribution in [2.24, 2.45) is 23.3 Å². The number of rotatable bonds is 5. The molecule has 4 N–H and O–H groups in total. The molecule has 0 aromatic carbocycles. The van der Waals surface area contributed by atoms with Crippen molar-refractivity contribution >= 4 is 11.8 Å². The number of carbonyl (C=O) groups is 2. The van der Waals surface area contributed by atoms with Gasteiger partial charge in [-0.3, -0.25) is 9.59 Å². The van der Waals surface area contributed by atoms with Gasteiger partial charge >= 0.3 is 0 Å². The second-order valence-corrected chi connectivity index (χ2v) is 3.31. The number of hydrogen-bond donors (Lipinski definition) is 2. The molecular formula is C8H16N2O2. The largest absolute Gasteiger partial charge is 0.370 e. The van der Waals surface area contributed by atoms with Crippen LogP contribution >= 0.6 is 0 Å². The highest BCUT2D eigenvalue weighted by atomic mass is 16.1. The molecule has 0 radical (unpaired) electrons. The molecule has 0 aliphatic rings. The number of amides is 2. The smallest absolute Gasteiger partial charge is 0.220 e. The second-order valence-electron chi connectivity index (χ2n) is 3.31. The summed E-state index contributed by atoms with van der Waals surface area (Å²) in [6.45, 7) is 3.63. The van der Waals surface area contributed by atoms with Gasteiger partial charge in [0.25, 0.3) is 0 Å². The standard InChI is InChI=1S/C8H16N2O2/c1-5(4-7(9)11)3-6(2)8(10)12/h5-6H,3-4H2,1-2H3,(H2,9,11)(H2,10,12). The topological polar surface area (TPSA) is 86.2 Å². The molecule has 0 aliphatic carbocycles. The van der Waals surface area contributed by atoms with Gasteiger partial charge in [-0.15, -0.1) is 0 Å². The predicted octanol–water partition coefficient (Wildman–Crippen LogP) is 0.00940. The third-order valence-corrected chi connectivity index (χ3v) is 1.79. The van der Waals surface area contributed by atoms with Gasteiger partial charge in [-0.05, 0) is 12.3 Å². The van der Waals surface area contributed by atoms with E-state index in [0.29, 0.717) is 12.8 Å². The van der Waals surface area contributed by atoms with Crippen LogP contribution in [0.2, 0.25) is 0 Å². The molecule has 0 saturated carbocycles. The Balaban J connectivity index is 3.76. The van der Waals surface area contributed by atoms with E-state index >= 15 is 0 Å². The van der Waals surface area contributed by atoms with Crippen LogP contribution in [0.4, 0.5) is 0 Å². The predicted molar refractivity (Wildman–Crippen MR) is 46.0 cm³/mol. The first kappa shape index (κ1) is 10.9. The molecule has 2 amide bonds. The van der Waals surface area contributed by atoms with Gasteiger partial charge in [-0.1, -0.05) is 13.8 Å². The number of primary amides is 2. The Hall–Kier alpha value is -1.06. The summed E-state index contributed by atoms with van der Waals surface area (Å²) >= 11 is 0. The highest BCUT2D eigenvalue weighted by Gasteiger charge is 2.14. The van der Waals surface area contributed by atoms with Gasteiger partial charge in [-0.25, -0.2) is 0 Å². The summed E-state index contributed by atoms with van der Waals surface area (Å²) in [5.74, 6) is -0.713. The fourth-order valence-corrected chi connectivity index (χ4v) is 1.15. The SMILES string of the molecule is CC(CC(N)=O)CC(C)C(N)=O. The van der Waals surface area contributed by atoms with Crippen LogP contribution in [0.3, 0.4) is 0 Å². The lowest BCUT2D eigenvalue weighted by Crippen LogP contribution is -2.24. The molecule has 0 fully saturated rings. The van der Waals surface area contributed by atoms with E-state index in [0.717, 1.165) is 0 Å². The molecule has 12 heavy (non-hydrogen) atoms. The zero-order chi connectivity index (χ0) is 9.72. The Bertz CT molecular complexity index is 180. The third-order valence-electron chi connectivity index (χ3n) is 1.79. The van der Waals surface area contributed by atoms with E-state index in [4.69, 9.17) is 11.5 Å². The average Bonchev–Trinajstić information content (AvgIpc) is 1.84. The lowest BCUT2D eigenvalue weighted by molar-refractivity contribution is -0.123. The number of carbonyl (C=O) groups excluding carboxylic acids is 2. The molecule has 4 heteroatoms. The van der Waals surface area contributed by atoms with Crippen LogP contribution in [0.25, 0.3) is 0 Å². The van der Waals surface area contributed by atoms with E-state index in [1.807, 2.05) is 6.92 Å². The van der Waals surface area contributed by atoms with Gasteiger partial charge < -0.3 is 11.5 Å². The van der Waals surface area contributed by atoms with Crippen molar-refractivity contribution in [2.45, 2.75) is 26.7 Å². The van der Waals surface area contributed by atoms with Crippen LogP contribution in [0.15, 0.2) is 0 Å². The van der Waals surface area contributed by atoms with E-state index in [1.165, 1.54) is 0 Å². The van der Waals surface area contributed by atoms with E-state index in [1.54, 1.807) is 6.92 Å². The summed E-state index contributed by atoms with van der Waals surface area (Å²) in [5.41, 5.74) is 10.1. The lowest BCUT2D eigenvalue weighted by atomic mass is 9.94. The minimum atomic E-state index is -0.334. The number of hydrogen-bond acceptors (Lipinski definition) is 2. The number of nitrogens with two attached hydrogens (primary N) is 2. The monoisotopic (exact) mass is 172 g/mol. The third kappa shape index (κ3) is 4.71. The van der Waals surface area contributed by atoms with Crippen LogP contribution < -0.4 is 11.5 Å². The van der Waals surface area contributed by atoms with Crippen LogP contribution in [0.1, 0.15) is 26.7 Å². The van der Waals surface area contributed by atoms with Crippen LogP contribution in [0, 0.1) is 11.8 Å². The molecule has 0 saturated heterocycles. The highest BCUT2D eigenvalue weighted by Crippen LogP contribution is 2.13. The van der Waals surface area contributed by atoms with Crippen LogP contribution in [-0.4, -0.2) is 11.8 Å². The minimum Gasteiger partial charge on any atom is -0.370 e. The summed E-state index contributed by atoms with van der Waals surface area (Å²) in [7, 11) is 0. The first-order valence-electron chi connectivity index (χ1n) is 4.01. The van der Waals surface area contributed by atoms with Gasteiger partial charge in [0, 0.05) is 12.3 Å². The van der Waals surface area contributed by atoms with Gasteiger partial charge in [0.05, 0.1) is 0 Å². The Labute approximate surface area is 72.3 Å². The molecule has 0 heterocycles. The van der Waals surface area contributed by atoms with Gasteiger partial charge in [0.1, 0.15) is 0 Å². The Kier molecular flexibility index (Phi) is 4.33. The molecule has 0 bridgehead atoms. The molecule has 2 atom stereocenters. The van der Waals surface area contributed by atoms with Crippen molar-refractivity contribution in [3.8, 4) is 0 Å². The molecular weight excluding hydrogens is 156 g/mol. The zero-order valence-electron chi connectivity index (χ0n) is 7.54. The van der Waals surface area contributed by atoms with Crippen LogP contribution in [-0.2, 0) is 9.59 Å².